The molecule has 2 nitrogen and oxygen atoms in total. The highest BCUT2D eigenvalue weighted by Gasteiger charge is 2.36. The topological polar surface area (TPSA) is 15.3 Å². The number of likely N-dealkylation sites (tertiary alicyclic amines) is 1. The van der Waals surface area contributed by atoms with Crippen LogP contribution in [0, 0.1) is 11.7 Å². The molecular formula is C15H19ClF4N2. The monoisotopic (exact) mass is 338 g/mol. The Morgan fingerprint density at radius 3 is 2.73 bits per heavy atom. The van der Waals surface area contributed by atoms with E-state index in [2.05, 4.69) is 10.2 Å². The Kier molecular flexibility index (Phi) is 5.35. The van der Waals surface area contributed by atoms with Crippen LogP contribution in [0.25, 0.3) is 0 Å². The number of hydrogen-bond acceptors (Lipinski definition) is 2. The van der Waals surface area contributed by atoms with Crippen molar-refractivity contribution in [2.24, 2.45) is 5.92 Å². The predicted molar refractivity (Wildman–Crippen MR) is 78.4 cm³/mol. The molecule has 7 heteroatoms. The van der Waals surface area contributed by atoms with Gasteiger partial charge in [0.25, 0.3) is 0 Å². The van der Waals surface area contributed by atoms with Crippen molar-refractivity contribution >= 4 is 12.4 Å². The van der Waals surface area contributed by atoms with Gasteiger partial charge in [0.2, 0.25) is 0 Å². The average Bonchev–Trinajstić information content (AvgIpc) is 2.87. The lowest BCUT2D eigenvalue weighted by Crippen LogP contribution is -2.44. The summed E-state index contributed by atoms with van der Waals surface area (Å²) in [5, 5.41) is 3.43. The molecule has 3 rings (SSSR count). The van der Waals surface area contributed by atoms with Crippen LogP contribution in [-0.2, 0) is 12.7 Å². The number of benzene rings is 1. The van der Waals surface area contributed by atoms with Gasteiger partial charge in [-0.15, -0.1) is 12.4 Å². The molecule has 2 heterocycles. The molecule has 2 aliphatic heterocycles. The number of rotatable bonds is 2. The van der Waals surface area contributed by atoms with Gasteiger partial charge in [0.05, 0.1) is 5.56 Å². The molecular weight excluding hydrogens is 320 g/mol. The van der Waals surface area contributed by atoms with Gasteiger partial charge in [-0.2, -0.15) is 13.2 Å². The third kappa shape index (κ3) is 3.73. The van der Waals surface area contributed by atoms with E-state index in [1.165, 1.54) is 6.07 Å². The highest BCUT2D eigenvalue weighted by molar-refractivity contribution is 5.85. The van der Waals surface area contributed by atoms with Gasteiger partial charge >= 0.3 is 6.18 Å². The number of alkyl halides is 3. The molecule has 2 unspecified atom stereocenters. The molecule has 0 saturated carbocycles. The normalized spacial score (nSPS) is 25.6. The van der Waals surface area contributed by atoms with E-state index in [9.17, 15) is 17.6 Å². The van der Waals surface area contributed by atoms with Crippen LogP contribution in [0.1, 0.15) is 24.0 Å². The second kappa shape index (κ2) is 6.72. The van der Waals surface area contributed by atoms with E-state index < -0.39 is 17.6 Å². The maximum absolute atomic E-state index is 13.1. The molecule has 0 bridgehead atoms. The van der Waals surface area contributed by atoms with E-state index in [4.69, 9.17) is 0 Å². The summed E-state index contributed by atoms with van der Waals surface area (Å²) in [4.78, 5) is 2.05. The number of hydrogen-bond donors (Lipinski definition) is 1. The second-order valence-electron chi connectivity index (χ2n) is 5.93. The largest absolute Gasteiger partial charge is 0.416 e. The fourth-order valence-corrected chi connectivity index (χ4v) is 3.46. The van der Waals surface area contributed by atoms with Gasteiger partial charge in [0, 0.05) is 19.1 Å². The van der Waals surface area contributed by atoms with Gasteiger partial charge in [-0.25, -0.2) is 4.39 Å². The van der Waals surface area contributed by atoms with Crippen molar-refractivity contribution in [1.82, 2.24) is 10.2 Å². The Morgan fingerprint density at radius 2 is 2.00 bits per heavy atom. The zero-order valence-electron chi connectivity index (χ0n) is 12.0. The lowest BCUT2D eigenvalue weighted by Gasteiger charge is -2.35. The van der Waals surface area contributed by atoms with Crippen molar-refractivity contribution in [3.63, 3.8) is 0 Å². The minimum absolute atomic E-state index is 0. The number of nitrogens with one attached hydrogen (secondary N) is 1. The fraction of sp³-hybridized carbons (Fsp3) is 0.600. The number of fused-ring (bicyclic) bond motifs is 1. The van der Waals surface area contributed by atoms with Crippen LogP contribution < -0.4 is 5.32 Å². The van der Waals surface area contributed by atoms with Crippen LogP contribution in [0.2, 0.25) is 0 Å². The molecule has 124 valence electrons. The van der Waals surface area contributed by atoms with Gasteiger partial charge in [0.15, 0.2) is 0 Å². The fourth-order valence-electron chi connectivity index (χ4n) is 3.46. The van der Waals surface area contributed by atoms with Crippen LogP contribution in [0.5, 0.6) is 0 Å². The minimum atomic E-state index is -4.51. The van der Waals surface area contributed by atoms with Crippen molar-refractivity contribution in [1.29, 1.82) is 0 Å². The zero-order valence-corrected chi connectivity index (χ0v) is 12.8. The first-order valence-electron chi connectivity index (χ1n) is 7.25. The molecule has 2 atom stereocenters. The van der Waals surface area contributed by atoms with Crippen molar-refractivity contribution in [2.75, 3.05) is 19.6 Å². The molecule has 2 fully saturated rings. The van der Waals surface area contributed by atoms with Crippen molar-refractivity contribution in [2.45, 2.75) is 31.6 Å². The SMILES string of the molecule is Cl.Fc1ccc(CN2CCC3NCCC3C2)c(C(F)(F)F)c1. The molecule has 0 amide bonds. The summed E-state index contributed by atoms with van der Waals surface area (Å²) in [5.41, 5.74) is -0.692. The summed E-state index contributed by atoms with van der Waals surface area (Å²) in [6.07, 6.45) is -2.46. The summed E-state index contributed by atoms with van der Waals surface area (Å²) in [6, 6.07) is 3.47. The highest BCUT2D eigenvalue weighted by Crippen LogP contribution is 2.34. The lowest BCUT2D eigenvalue weighted by atomic mass is 9.93. The van der Waals surface area contributed by atoms with E-state index in [1.807, 2.05) is 0 Å². The summed E-state index contributed by atoms with van der Waals surface area (Å²) >= 11 is 0. The Morgan fingerprint density at radius 1 is 1.23 bits per heavy atom. The highest BCUT2D eigenvalue weighted by atomic mass is 35.5. The summed E-state index contributed by atoms with van der Waals surface area (Å²) < 4.78 is 52.1. The molecule has 1 aromatic rings. The zero-order chi connectivity index (χ0) is 15.0. The first kappa shape index (κ1) is 17.5. The summed E-state index contributed by atoms with van der Waals surface area (Å²) in [7, 11) is 0. The third-order valence-electron chi connectivity index (χ3n) is 4.51. The molecule has 1 aromatic carbocycles. The first-order chi connectivity index (χ1) is 9.93. The van der Waals surface area contributed by atoms with E-state index in [1.54, 1.807) is 0 Å². The number of nitrogens with zero attached hydrogens (tertiary/aromatic N) is 1. The van der Waals surface area contributed by atoms with Gasteiger partial charge in [-0.05, 0) is 49.5 Å². The minimum Gasteiger partial charge on any atom is -0.314 e. The second-order valence-corrected chi connectivity index (χ2v) is 5.93. The summed E-state index contributed by atoms with van der Waals surface area (Å²) in [6.45, 7) is 2.82. The Labute approximate surface area is 133 Å². The first-order valence-corrected chi connectivity index (χ1v) is 7.25. The van der Waals surface area contributed by atoms with E-state index >= 15 is 0 Å². The Bertz CT molecular complexity index is 521. The van der Waals surface area contributed by atoms with E-state index in [-0.39, 0.29) is 24.5 Å². The molecule has 0 spiro atoms. The van der Waals surface area contributed by atoms with E-state index in [0.29, 0.717) is 18.0 Å². The standard InChI is InChI=1S/C15H18F4N2.ClH/c16-12-2-1-10(13(7-12)15(17,18)19)8-21-6-4-14-11(9-21)3-5-20-14;/h1-2,7,11,14,20H,3-6,8-9H2;1H. The van der Waals surface area contributed by atoms with Crippen molar-refractivity contribution in [3.05, 3.63) is 35.1 Å². The van der Waals surface area contributed by atoms with Crippen LogP contribution in [-0.4, -0.2) is 30.6 Å². The van der Waals surface area contributed by atoms with Crippen LogP contribution in [0.15, 0.2) is 18.2 Å². The van der Waals surface area contributed by atoms with Crippen LogP contribution in [0.3, 0.4) is 0 Å². The number of halogens is 5. The molecule has 22 heavy (non-hydrogen) atoms. The Hall–Kier alpha value is -0.850. The van der Waals surface area contributed by atoms with Crippen molar-refractivity contribution < 1.29 is 17.6 Å². The maximum atomic E-state index is 13.1. The molecule has 0 aromatic heterocycles. The third-order valence-corrected chi connectivity index (χ3v) is 4.51. The average molecular weight is 339 g/mol. The van der Waals surface area contributed by atoms with Gasteiger partial charge in [-0.1, -0.05) is 6.07 Å². The van der Waals surface area contributed by atoms with Crippen LogP contribution in [0.4, 0.5) is 17.6 Å². The maximum Gasteiger partial charge on any atom is 0.416 e. The van der Waals surface area contributed by atoms with Crippen molar-refractivity contribution in [3.8, 4) is 0 Å². The smallest absolute Gasteiger partial charge is 0.314 e. The number of piperidine rings is 1. The van der Waals surface area contributed by atoms with Gasteiger partial charge < -0.3 is 5.32 Å². The van der Waals surface area contributed by atoms with Gasteiger partial charge in [-0.3, -0.25) is 4.90 Å². The lowest BCUT2D eigenvalue weighted by molar-refractivity contribution is -0.138. The molecule has 2 saturated heterocycles. The predicted octanol–water partition coefficient (Wildman–Crippen LogP) is 3.45. The van der Waals surface area contributed by atoms with Crippen LogP contribution >= 0.6 is 12.4 Å². The van der Waals surface area contributed by atoms with Gasteiger partial charge in [0.1, 0.15) is 5.82 Å². The molecule has 0 aliphatic carbocycles. The Balaban J connectivity index is 0.00000176. The van der Waals surface area contributed by atoms with E-state index in [0.717, 1.165) is 38.5 Å². The summed E-state index contributed by atoms with van der Waals surface area (Å²) in [5.74, 6) is -0.321. The molecule has 2 aliphatic rings. The quantitative estimate of drug-likeness (QED) is 0.831. The molecule has 1 N–H and O–H groups in total. The molecule has 0 radical (unpaired) electrons.